The zero-order valence-electron chi connectivity index (χ0n) is 28.6. The van der Waals surface area contributed by atoms with Crippen LogP contribution in [-0.4, -0.2) is 9.38 Å². The molecule has 0 aliphatic carbocycles. The fourth-order valence-electron chi connectivity index (χ4n) is 8.66. The molecule has 2 aromatic heterocycles. The molecular weight excluding hydrogens is 664 g/mol. The van der Waals surface area contributed by atoms with Gasteiger partial charge in [-0.2, -0.15) is 0 Å². The Morgan fingerprint density at radius 2 is 0.943 bits per heavy atom. The molecule has 11 rings (SSSR count). The lowest BCUT2D eigenvalue weighted by atomic mass is 9.98. The fourth-order valence-corrected chi connectivity index (χ4v) is 12.0. The van der Waals surface area contributed by atoms with E-state index in [4.69, 9.17) is 4.98 Å². The van der Waals surface area contributed by atoms with Crippen molar-refractivity contribution in [1.29, 1.82) is 0 Å². The Morgan fingerprint density at radius 3 is 1.64 bits per heavy atom. The minimum atomic E-state index is -3.51. The van der Waals surface area contributed by atoms with Gasteiger partial charge in [0.05, 0.1) is 16.6 Å². The van der Waals surface area contributed by atoms with Crippen LogP contribution in [-0.2, 0) is 4.57 Å². The van der Waals surface area contributed by atoms with Crippen LogP contribution in [0.5, 0.6) is 0 Å². The van der Waals surface area contributed by atoms with Crippen LogP contribution in [0.1, 0.15) is 0 Å². The van der Waals surface area contributed by atoms with Crippen molar-refractivity contribution >= 4 is 93.7 Å². The molecule has 0 radical (unpaired) electrons. The summed E-state index contributed by atoms with van der Waals surface area (Å²) < 4.78 is 19.2. The summed E-state index contributed by atoms with van der Waals surface area (Å²) in [6, 6.07) is 65.5. The maximum absolute atomic E-state index is 16.8. The Morgan fingerprint density at radius 1 is 0.415 bits per heavy atom. The van der Waals surface area contributed by atoms with E-state index in [1.54, 1.807) is 0 Å². The summed E-state index contributed by atoms with van der Waals surface area (Å²) in [4.78, 5) is 5.20. The molecule has 0 unspecified atom stereocenters. The Hall–Kier alpha value is -6.54. The third-order valence-electron chi connectivity index (χ3n) is 11.0. The van der Waals surface area contributed by atoms with Gasteiger partial charge in [0.2, 0.25) is 0 Å². The van der Waals surface area contributed by atoms with Gasteiger partial charge in [0.1, 0.15) is 5.65 Å². The molecule has 0 aliphatic heterocycles. The van der Waals surface area contributed by atoms with Crippen molar-refractivity contribution in [1.82, 2.24) is 9.38 Å². The monoisotopic (exact) mass is 694 g/mol. The number of hydrogen-bond donors (Lipinski definition) is 0. The molecule has 3 nitrogen and oxygen atoms in total. The molecule has 0 bridgehead atoms. The van der Waals surface area contributed by atoms with E-state index in [1.807, 2.05) is 36.4 Å². The number of aromatic nitrogens is 2. The smallest absolute Gasteiger partial charge is 0.172 e. The zero-order valence-corrected chi connectivity index (χ0v) is 29.5. The molecule has 2 heterocycles. The maximum atomic E-state index is 16.8. The maximum Gasteiger partial charge on any atom is 0.172 e. The van der Waals surface area contributed by atoms with Gasteiger partial charge in [0, 0.05) is 32.1 Å². The number of benzene rings is 9. The van der Waals surface area contributed by atoms with Crippen LogP contribution in [0.15, 0.2) is 188 Å². The van der Waals surface area contributed by atoms with E-state index in [0.29, 0.717) is 0 Å². The van der Waals surface area contributed by atoms with Crippen LogP contribution in [0, 0.1) is 0 Å². The predicted octanol–water partition coefficient (Wildman–Crippen LogP) is 11.6. The van der Waals surface area contributed by atoms with E-state index in [1.165, 1.54) is 10.8 Å². The second-order valence-corrected chi connectivity index (χ2v) is 16.5. The first-order valence-electron chi connectivity index (χ1n) is 18.0. The van der Waals surface area contributed by atoms with Crippen molar-refractivity contribution in [2.45, 2.75) is 0 Å². The lowest BCUT2D eigenvalue weighted by Crippen LogP contribution is -2.27. The Kier molecular flexibility index (Phi) is 6.53. The Balaban J connectivity index is 1.25. The van der Waals surface area contributed by atoms with Gasteiger partial charge in [-0.05, 0) is 61.6 Å². The molecule has 0 aliphatic rings. The average molecular weight is 695 g/mol. The first kappa shape index (κ1) is 30.1. The number of nitrogens with zero attached hydrogens (tertiary/aromatic N) is 2. The number of para-hydroxylation sites is 1. The van der Waals surface area contributed by atoms with Gasteiger partial charge >= 0.3 is 0 Å². The highest BCUT2D eigenvalue weighted by molar-refractivity contribution is 7.86. The molecule has 0 spiro atoms. The third-order valence-corrected chi connectivity index (χ3v) is 14.2. The molecule has 0 atom stereocenters. The first-order valence-corrected chi connectivity index (χ1v) is 19.7. The second kappa shape index (κ2) is 11.5. The van der Waals surface area contributed by atoms with Crippen LogP contribution in [0.4, 0.5) is 0 Å². The molecule has 53 heavy (non-hydrogen) atoms. The number of hydrogen-bond acceptors (Lipinski definition) is 2. The van der Waals surface area contributed by atoms with Gasteiger partial charge in [-0.25, -0.2) is 4.98 Å². The summed E-state index contributed by atoms with van der Waals surface area (Å²) >= 11 is 0. The van der Waals surface area contributed by atoms with Gasteiger partial charge in [0.15, 0.2) is 7.14 Å². The number of rotatable bonds is 4. The lowest BCUT2D eigenvalue weighted by molar-refractivity contribution is 0.593. The van der Waals surface area contributed by atoms with Gasteiger partial charge in [-0.1, -0.05) is 170 Å². The van der Waals surface area contributed by atoms with E-state index < -0.39 is 7.14 Å². The van der Waals surface area contributed by atoms with Crippen molar-refractivity contribution in [2.24, 2.45) is 0 Å². The minimum Gasteiger partial charge on any atom is -0.309 e. The fraction of sp³-hybridized carbons (Fsp3) is 0. The Bertz CT molecular complexity index is 3240. The molecule has 9 aromatic carbocycles. The summed E-state index contributed by atoms with van der Waals surface area (Å²) in [6.07, 6.45) is 0. The van der Waals surface area contributed by atoms with Gasteiger partial charge in [-0.15, -0.1) is 0 Å². The van der Waals surface area contributed by atoms with Crippen molar-refractivity contribution in [3.8, 4) is 11.1 Å². The third kappa shape index (κ3) is 4.35. The van der Waals surface area contributed by atoms with Crippen LogP contribution in [0.25, 0.3) is 81.8 Å². The van der Waals surface area contributed by atoms with Crippen LogP contribution in [0.2, 0.25) is 0 Å². The average Bonchev–Trinajstić information content (AvgIpc) is 3.62. The van der Waals surface area contributed by atoms with E-state index >= 15 is 4.57 Å². The van der Waals surface area contributed by atoms with E-state index in [2.05, 4.69) is 156 Å². The summed E-state index contributed by atoms with van der Waals surface area (Å²) in [5, 5.41) is 12.3. The first-order chi connectivity index (χ1) is 26.2. The highest BCUT2D eigenvalue weighted by Crippen LogP contribution is 2.49. The van der Waals surface area contributed by atoms with Crippen LogP contribution < -0.4 is 15.9 Å². The van der Waals surface area contributed by atoms with Crippen molar-refractivity contribution in [2.75, 3.05) is 0 Å². The van der Waals surface area contributed by atoms with Crippen LogP contribution in [0.3, 0.4) is 0 Å². The van der Waals surface area contributed by atoms with Crippen molar-refractivity contribution < 1.29 is 4.57 Å². The molecule has 4 heteroatoms. The van der Waals surface area contributed by atoms with Gasteiger partial charge < -0.3 is 4.57 Å². The molecule has 0 saturated heterocycles. The van der Waals surface area contributed by atoms with Gasteiger partial charge in [0.25, 0.3) is 0 Å². The number of fused-ring (bicyclic) bond motifs is 11. The molecule has 0 amide bonds. The summed E-state index contributed by atoms with van der Waals surface area (Å²) in [6.45, 7) is 0. The second-order valence-electron chi connectivity index (χ2n) is 13.8. The minimum absolute atomic E-state index is 0.841. The topological polar surface area (TPSA) is 34.4 Å². The normalized spacial score (nSPS) is 12.2. The van der Waals surface area contributed by atoms with Crippen molar-refractivity contribution in [3.63, 3.8) is 0 Å². The van der Waals surface area contributed by atoms with E-state index in [9.17, 15) is 0 Å². The van der Waals surface area contributed by atoms with E-state index in [0.717, 1.165) is 86.9 Å². The Labute approximate surface area is 305 Å². The summed E-state index contributed by atoms with van der Waals surface area (Å²) in [5.41, 5.74) is 6.14. The molecule has 11 aromatic rings. The lowest BCUT2D eigenvalue weighted by Gasteiger charge is -2.25. The van der Waals surface area contributed by atoms with Gasteiger partial charge in [-0.3, -0.25) is 4.40 Å². The molecule has 0 fully saturated rings. The molecule has 248 valence electrons. The summed E-state index contributed by atoms with van der Waals surface area (Å²) in [7, 11) is -3.51. The standard InChI is InChI=1S/C49H31N2OP/c52-53(45-26-10-15-32-13-1-3-19-36(32)45,46-27-11-16-33-14-2-4-20-37(33)46)47-28-12-18-34-17-9-24-38(48(34)47)35-29-30-42-44(31-35)51-43-25-8-7-22-40(43)39-21-5-6-23-41(39)49(51)50-42/h1-31H. The predicted molar refractivity (Wildman–Crippen MR) is 225 cm³/mol. The highest BCUT2D eigenvalue weighted by Gasteiger charge is 2.35. The molecule has 0 N–H and O–H groups in total. The molecular formula is C49H31N2OP. The largest absolute Gasteiger partial charge is 0.309 e. The SMILES string of the molecule is O=P(c1cccc2ccccc12)(c1cccc2ccccc12)c1cccc2cccc(-c3ccc4nc5c6ccccc6c6ccccc6n5c4c3)c12. The zero-order chi connectivity index (χ0) is 35.1. The summed E-state index contributed by atoms with van der Waals surface area (Å²) in [5.74, 6) is 0. The quantitative estimate of drug-likeness (QED) is 0.136. The highest BCUT2D eigenvalue weighted by atomic mass is 31.2. The number of imidazole rings is 1. The molecule has 0 saturated carbocycles. The number of pyridine rings is 1. The van der Waals surface area contributed by atoms with E-state index in [-0.39, 0.29) is 0 Å². The van der Waals surface area contributed by atoms with Crippen molar-refractivity contribution in [3.05, 3.63) is 188 Å². The van der Waals surface area contributed by atoms with Crippen LogP contribution >= 0.6 is 7.14 Å².